The Kier molecular flexibility index (Phi) is 5.07. The van der Waals surface area contributed by atoms with Crippen molar-refractivity contribution in [1.82, 2.24) is 0 Å². The van der Waals surface area contributed by atoms with Crippen molar-refractivity contribution >= 4 is 58.3 Å². The van der Waals surface area contributed by atoms with Gasteiger partial charge in [0.15, 0.2) is 0 Å². The van der Waals surface area contributed by atoms with Crippen LogP contribution in [0.15, 0.2) is 12.1 Å². The van der Waals surface area contributed by atoms with E-state index < -0.39 is 17.3 Å². The van der Waals surface area contributed by atoms with E-state index in [0.717, 1.165) is 0 Å². The number of rotatable bonds is 2. The van der Waals surface area contributed by atoms with Gasteiger partial charge in [0.05, 0.1) is 15.6 Å². The van der Waals surface area contributed by atoms with Gasteiger partial charge in [0.2, 0.25) is 0 Å². The maximum Gasteiger partial charge on any atom is 0.348 e. The van der Waals surface area contributed by atoms with Crippen LogP contribution in [-0.2, 0) is 9.53 Å². The number of benzene rings is 1. The highest BCUT2D eigenvalue weighted by molar-refractivity contribution is 6.42. The third-order valence-electron chi connectivity index (χ3n) is 1.73. The first-order valence-corrected chi connectivity index (χ1v) is 5.94. The summed E-state index contributed by atoms with van der Waals surface area (Å²) in [5, 5.41) is -0.664. The molecule has 0 saturated carbocycles. The summed E-state index contributed by atoms with van der Waals surface area (Å²) in [5.41, 5.74) is -0.122. The fraction of sp³-hybridized carbons (Fsp3) is 0.200. The van der Waals surface area contributed by atoms with Crippen LogP contribution in [0.3, 0.4) is 0 Å². The maximum absolute atomic E-state index is 11.6. The van der Waals surface area contributed by atoms with E-state index in [0.29, 0.717) is 0 Å². The average molecular weight is 316 g/mol. The first-order valence-electron chi connectivity index (χ1n) is 4.37. The molecule has 0 spiro atoms. The van der Waals surface area contributed by atoms with Gasteiger partial charge in [0, 0.05) is 5.02 Å². The average Bonchev–Trinajstić information content (AvgIpc) is 2.15. The molecule has 1 atom stereocenters. The van der Waals surface area contributed by atoms with Gasteiger partial charge in [-0.15, -0.1) is 11.6 Å². The SMILES string of the molecule is CC(Cl)C(=O)OC(=O)c1c(Cl)cc(Cl)cc1Cl. The Bertz CT molecular complexity index is 448. The van der Waals surface area contributed by atoms with Gasteiger partial charge in [-0.05, 0) is 19.1 Å². The van der Waals surface area contributed by atoms with Crippen molar-refractivity contribution in [2.24, 2.45) is 0 Å². The summed E-state index contributed by atoms with van der Waals surface area (Å²) in [7, 11) is 0. The standard InChI is InChI=1S/C10H6Cl4O3/c1-4(11)9(15)17-10(16)8-6(13)2-5(12)3-7(8)14/h2-4H,1H3. The molecule has 1 rings (SSSR count). The third kappa shape index (κ3) is 3.75. The summed E-state index contributed by atoms with van der Waals surface area (Å²) in [4.78, 5) is 22.7. The van der Waals surface area contributed by atoms with Crippen molar-refractivity contribution < 1.29 is 14.3 Å². The second-order valence-electron chi connectivity index (χ2n) is 3.07. The Morgan fingerprint density at radius 3 is 2.06 bits per heavy atom. The van der Waals surface area contributed by atoms with Crippen molar-refractivity contribution in [3.05, 3.63) is 32.8 Å². The molecule has 0 amide bonds. The van der Waals surface area contributed by atoms with Gasteiger partial charge < -0.3 is 4.74 Å². The molecule has 17 heavy (non-hydrogen) atoms. The lowest BCUT2D eigenvalue weighted by Gasteiger charge is -2.07. The Morgan fingerprint density at radius 2 is 1.65 bits per heavy atom. The normalized spacial score (nSPS) is 12.1. The Labute approximate surface area is 118 Å². The zero-order valence-corrected chi connectivity index (χ0v) is 11.5. The quantitative estimate of drug-likeness (QED) is 0.471. The largest absolute Gasteiger partial charge is 0.388 e. The van der Waals surface area contributed by atoms with Crippen LogP contribution >= 0.6 is 46.4 Å². The predicted molar refractivity (Wildman–Crippen MR) is 67.2 cm³/mol. The van der Waals surface area contributed by atoms with Gasteiger partial charge in [-0.3, -0.25) is 0 Å². The summed E-state index contributed by atoms with van der Waals surface area (Å²) in [6.45, 7) is 1.38. The molecule has 1 aromatic carbocycles. The van der Waals surface area contributed by atoms with E-state index in [4.69, 9.17) is 46.4 Å². The van der Waals surface area contributed by atoms with Gasteiger partial charge in [-0.2, -0.15) is 0 Å². The molecule has 3 nitrogen and oxygen atoms in total. The maximum atomic E-state index is 11.6. The molecule has 0 fully saturated rings. The van der Waals surface area contributed by atoms with Crippen LogP contribution in [0.5, 0.6) is 0 Å². The fourth-order valence-corrected chi connectivity index (χ4v) is 1.98. The van der Waals surface area contributed by atoms with E-state index >= 15 is 0 Å². The van der Waals surface area contributed by atoms with Crippen molar-refractivity contribution in [2.75, 3.05) is 0 Å². The fourth-order valence-electron chi connectivity index (χ4n) is 0.961. The highest BCUT2D eigenvalue weighted by Crippen LogP contribution is 2.29. The van der Waals surface area contributed by atoms with Crippen LogP contribution < -0.4 is 0 Å². The highest BCUT2D eigenvalue weighted by atomic mass is 35.5. The molecule has 92 valence electrons. The second kappa shape index (κ2) is 5.91. The van der Waals surface area contributed by atoms with Crippen molar-refractivity contribution in [3.63, 3.8) is 0 Å². The minimum atomic E-state index is -0.964. The minimum Gasteiger partial charge on any atom is -0.388 e. The number of carbonyl (C=O) groups excluding carboxylic acids is 2. The summed E-state index contributed by atoms with van der Waals surface area (Å²) in [6.07, 6.45) is 0. The summed E-state index contributed by atoms with van der Waals surface area (Å²) < 4.78 is 4.48. The van der Waals surface area contributed by atoms with Gasteiger partial charge in [-0.1, -0.05) is 34.8 Å². The van der Waals surface area contributed by atoms with E-state index in [1.165, 1.54) is 19.1 Å². The molecule has 0 radical (unpaired) electrons. The monoisotopic (exact) mass is 314 g/mol. The zero-order valence-electron chi connectivity index (χ0n) is 8.47. The summed E-state index contributed by atoms with van der Waals surface area (Å²) in [6, 6.07) is 2.64. The molecule has 0 N–H and O–H groups in total. The smallest absolute Gasteiger partial charge is 0.348 e. The molecule has 0 aliphatic rings. The number of hydrogen-bond donors (Lipinski definition) is 0. The molecular formula is C10H6Cl4O3. The van der Waals surface area contributed by atoms with Crippen LogP contribution in [-0.4, -0.2) is 17.3 Å². The van der Waals surface area contributed by atoms with E-state index in [9.17, 15) is 9.59 Å². The molecule has 0 bridgehead atoms. The first-order chi connectivity index (χ1) is 7.82. The number of alkyl halides is 1. The first kappa shape index (κ1) is 14.6. The number of halogens is 4. The number of esters is 2. The van der Waals surface area contributed by atoms with Crippen LogP contribution in [0.2, 0.25) is 15.1 Å². The lowest BCUT2D eigenvalue weighted by Crippen LogP contribution is -2.19. The summed E-state index contributed by atoms with van der Waals surface area (Å²) in [5.74, 6) is -1.84. The van der Waals surface area contributed by atoms with Crippen LogP contribution in [0.25, 0.3) is 0 Å². The molecule has 1 unspecified atom stereocenters. The van der Waals surface area contributed by atoms with Crippen LogP contribution in [0, 0.1) is 0 Å². The molecule has 7 heteroatoms. The lowest BCUT2D eigenvalue weighted by atomic mass is 10.2. The third-order valence-corrected chi connectivity index (χ3v) is 2.72. The lowest BCUT2D eigenvalue weighted by molar-refractivity contribution is -0.137. The van der Waals surface area contributed by atoms with Gasteiger partial charge >= 0.3 is 11.9 Å². The molecular weight excluding hydrogens is 310 g/mol. The predicted octanol–water partition coefficient (Wildman–Crippen LogP) is 3.96. The van der Waals surface area contributed by atoms with E-state index in [1.807, 2.05) is 0 Å². The molecule has 0 saturated heterocycles. The molecule has 0 aromatic heterocycles. The van der Waals surface area contributed by atoms with Crippen LogP contribution in [0.1, 0.15) is 17.3 Å². The minimum absolute atomic E-state index is 0.00234. The van der Waals surface area contributed by atoms with Gasteiger partial charge in [0.1, 0.15) is 5.38 Å². The van der Waals surface area contributed by atoms with E-state index in [1.54, 1.807) is 0 Å². The molecule has 0 aliphatic heterocycles. The Balaban J connectivity index is 3.01. The van der Waals surface area contributed by atoms with Gasteiger partial charge in [-0.25, -0.2) is 9.59 Å². The molecule has 1 aromatic rings. The Hall–Kier alpha value is -0.480. The van der Waals surface area contributed by atoms with E-state index in [2.05, 4.69) is 4.74 Å². The van der Waals surface area contributed by atoms with Crippen LogP contribution in [0.4, 0.5) is 0 Å². The van der Waals surface area contributed by atoms with Crippen molar-refractivity contribution in [1.29, 1.82) is 0 Å². The second-order valence-corrected chi connectivity index (χ2v) is 4.97. The van der Waals surface area contributed by atoms with Crippen molar-refractivity contribution in [3.8, 4) is 0 Å². The molecule has 0 heterocycles. The number of carbonyl (C=O) groups is 2. The number of hydrogen-bond acceptors (Lipinski definition) is 3. The number of ether oxygens (including phenoxy) is 1. The highest BCUT2D eigenvalue weighted by Gasteiger charge is 2.22. The summed E-state index contributed by atoms with van der Waals surface area (Å²) >= 11 is 22.7. The Morgan fingerprint density at radius 1 is 1.18 bits per heavy atom. The van der Waals surface area contributed by atoms with Crippen molar-refractivity contribution in [2.45, 2.75) is 12.3 Å². The topological polar surface area (TPSA) is 43.4 Å². The van der Waals surface area contributed by atoms with Gasteiger partial charge in [0.25, 0.3) is 0 Å². The zero-order chi connectivity index (χ0) is 13.2. The van der Waals surface area contributed by atoms with E-state index in [-0.39, 0.29) is 20.6 Å². The molecule has 0 aliphatic carbocycles.